The molecule has 0 saturated carbocycles. The summed E-state index contributed by atoms with van der Waals surface area (Å²) >= 11 is 0. The predicted molar refractivity (Wildman–Crippen MR) is 48.1 cm³/mol. The van der Waals surface area contributed by atoms with Gasteiger partial charge in [0.1, 0.15) is 0 Å². The molecule has 12 heavy (non-hydrogen) atoms. The smallest absolute Gasteiger partial charge is 0.316 e. The van der Waals surface area contributed by atoms with Crippen molar-refractivity contribution in [3.8, 4) is 0 Å². The lowest BCUT2D eigenvalue weighted by Crippen LogP contribution is -2.45. The molecule has 1 aliphatic rings. The Morgan fingerprint density at radius 1 is 1.67 bits per heavy atom. The van der Waals surface area contributed by atoms with Crippen molar-refractivity contribution in [1.82, 2.24) is 15.5 Å². The molecule has 4 heteroatoms. The van der Waals surface area contributed by atoms with Crippen molar-refractivity contribution < 1.29 is 4.79 Å². The first-order valence-corrected chi connectivity index (χ1v) is 4.38. The van der Waals surface area contributed by atoms with Crippen molar-refractivity contribution in [2.75, 3.05) is 27.2 Å². The highest BCUT2D eigenvalue weighted by Crippen LogP contribution is 2.04. The van der Waals surface area contributed by atoms with Gasteiger partial charge in [0, 0.05) is 26.7 Å². The van der Waals surface area contributed by atoms with E-state index >= 15 is 0 Å². The van der Waals surface area contributed by atoms with Crippen molar-refractivity contribution in [1.29, 1.82) is 0 Å². The Morgan fingerprint density at radius 2 is 2.33 bits per heavy atom. The number of rotatable bonds is 3. The van der Waals surface area contributed by atoms with Crippen LogP contribution in [-0.2, 0) is 0 Å². The zero-order valence-corrected chi connectivity index (χ0v) is 7.76. The third-order valence-corrected chi connectivity index (χ3v) is 2.10. The minimum absolute atomic E-state index is 0.00526. The summed E-state index contributed by atoms with van der Waals surface area (Å²) in [5.74, 6) is 0. The second-order valence-electron chi connectivity index (χ2n) is 3.35. The maximum Gasteiger partial charge on any atom is 0.316 e. The van der Waals surface area contributed by atoms with Gasteiger partial charge in [0.25, 0.3) is 0 Å². The van der Waals surface area contributed by atoms with Gasteiger partial charge in [-0.2, -0.15) is 0 Å². The first kappa shape index (κ1) is 9.32. The van der Waals surface area contributed by atoms with Gasteiger partial charge in [-0.15, -0.1) is 0 Å². The molecule has 0 radical (unpaired) electrons. The van der Waals surface area contributed by atoms with Crippen molar-refractivity contribution in [2.24, 2.45) is 0 Å². The van der Waals surface area contributed by atoms with Crippen molar-refractivity contribution in [2.45, 2.75) is 18.9 Å². The molecule has 1 atom stereocenters. The van der Waals surface area contributed by atoms with Crippen LogP contribution in [0, 0.1) is 0 Å². The largest absolute Gasteiger partial charge is 0.338 e. The van der Waals surface area contributed by atoms with Crippen molar-refractivity contribution in [3.63, 3.8) is 0 Å². The molecule has 2 amide bonds. The minimum Gasteiger partial charge on any atom is -0.338 e. The van der Waals surface area contributed by atoms with Gasteiger partial charge in [0.2, 0.25) is 0 Å². The van der Waals surface area contributed by atoms with E-state index in [1.165, 1.54) is 6.42 Å². The normalized spacial score (nSPS) is 21.3. The van der Waals surface area contributed by atoms with Crippen LogP contribution in [0.4, 0.5) is 4.79 Å². The van der Waals surface area contributed by atoms with E-state index in [2.05, 4.69) is 10.6 Å². The molecule has 70 valence electrons. The topological polar surface area (TPSA) is 44.4 Å². The molecule has 0 aromatic heterocycles. The van der Waals surface area contributed by atoms with E-state index in [4.69, 9.17) is 0 Å². The summed E-state index contributed by atoms with van der Waals surface area (Å²) in [4.78, 5) is 12.6. The second kappa shape index (κ2) is 4.30. The molecule has 0 spiro atoms. The van der Waals surface area contributed by atoms with E-state index < -0.39 is 0 Å². The maximum absolute atomic E-state index is 11.0. The van der Waals surface area contributed by atoms with Gasteiger partial charge in [0.05, 0.1) is 0 Å². The lowest BCUT2D eigenvalue weighted by molar-refractivity contribution is 0.216. The molecular formula is C8H17N3O. The number of carbonyl (C=O) groups is 1. The summed E-state index contributed by atoms with van der Waals surface area (Å²) in [5.41, 5.74) is 0. The minimum atomic E-state index is -0.00526. The van der Waals surface area contributed by atoms with E-state index in [0.717, 1.165) is 19.5 Å². The first-order valence-electron chi connectivity index (χ1n) is 4.38. The van der Waals surface area contributed by atoms with Crippen LogP contribution in [0.5, 0.6) is 0 Å². The zero-order valence-electron chi connectivity index (χ0n) is 7.76. The molecule has 2 N–H and O–H groups in total. The van der Waals surface area contributed by atoms with E-state index in [-0.39, 0.29) is 6.03 Å². The standard InChI is InChI=1S/C8H17N3O/c1-11(2)8(12)10-6-4-7-3-5-9-7/h7,9H,3-6H2,1-2H3,(H,10,12). The number of hydrogen-bond donors (Lipinski definition) is 2. The fraction of sp³-hybridized carbons (Fsp3) is 0.875. The van der Waals surface area contributed by atoms with Gasteiger partial charge >= 0.3 is 6.03 Å². The molecule has 0 aromatic rings. The van der Waals surface area contributed by atoms with Crippen LogP contribution in [0.15, 0.2) is 0 Å². The highest BCUT2D eigenvalue weighted by molar-refractivity contribution is 5.73. The second-order valence-corrected chi connectivity index (χ2v) is 3.35. The lowest BCUT2D eigenvalue weighted by atomic mass is 10.0. The lowest BCUT2D eigenvalue weighted by Gasteiger charge is -2.27. The molecule has 0 aromatic carbocycles. The zero-order chi connectivity index (χ0) is 8.97. The maximum atomic E-state index is 11.0. The molecule has 1 unspecified atom stereocenters. The van der Waals surface area contributed by atoms with E-state index in [9.17, 15) is 4.79 Å². The summed E-state index contributed by atoms with van der Waals surface area (Å²) in [6, 6.07) is 0.627. The number of nitrogens with zero attached hydrogens (tertiary/aromatic N) is 1. The Hall–Kier alpha value is -0.770. The number of hydrogen-bond acceptors (Lipinski definition) is 2. The Kier molecular flexibility index (Phi) is 3.34. The van der Waals surface area contributed by atoms with Gasteiger partial charge in [-0.25, -0.2) is 4.79 Å². The summed E-state index contributed by atoms with van der Waals surface area (Å²) in [6.45, 7) is 1.90. The third kappa shape index (κ3) is 2.70. The molecular weight excluding hydrogens is 154 g/mol. The molecule has 1 saturated heterocycles. The molecule has 1 heterocycles. The monoisotopic (exact) mass is 171 g/mol. The molecule has 4 nitrogen and oxygen atoms in total. The fourth-order valence-electron chi connectivity index (χ4n) is 1.11. The van der Waals surface area contributed by atoms with E-state index in [0.29, 0.717) is 6.04 Å². The number of nitrogens with one attached hydrogen (secondary N) is 2. The number of carbonyl (C=O) groups excluding carboxylic acids is 1. The first-order chi connectivity index (χ1) is 5.70. The summed E-state index contributed by atoms with van der Waals surface area (Å²) < 4.78 is 0. The fourth-order valence-corrected chi connectivity index (χ4v) is 1.11. The number of urea groups is 1. The van der Waals surface area contributed by atoms with Gasteiger partial charge in [-0.3, -0.25) is 0 Å². The Morgan fingerprint density at radius 3 is 2.75 bits per heavy atom. The SMILES string of the molecule is CN(C)C(=O)NCCC1CCN1. The molecule has 1 aliphatic heterocycles. The highest BCUT2D eigenvalue weighted by atomic mass is 16.2. The molecule has 1 rings (SSSR count). The average Bonchev–Trinajstić information content (AvgIpc) is 1.93. The number of amides is 2. The van der Waals surface area contributed by atoms with Crippen molar-refractivity contribution >= 4 is 6.03 Å². The van der Waals surface area contributed by atoms with E-state index in [1.807, 2.05) is 0 Å². The van der Waals surface area contributed by atoms with Crippen LogP contribution in [0.1, 0.15) is 12.8 Å². The Labute approximate surface area is 73.3 Å². The summed E-state index contributed by atoms with van der Waals surface area (Å²) in [7, 11) is 3.49. The van der Waals surface area contributed by atoms with Gasteiger partial charge in [0.15, 0.2) is 0 Å². The summed E-state index contributed by atoms with van der Waals surface area (Å²) in [5, 5.41) is 6.11. The molecule has 0 aliphatic carbocycles. The van der Waals surface area contributed by atoms with Gasteiger partial charge < -0.3 is 15.5 Å². The van der Waals surface area contributed by atoms with Crippen LogP contribution in [0.25, 0.3) is 0 Å². The van der Waals surface area contributed by atoms with Gasteiger partial charge in [-0.05, 0) is 19.4 Å². The van der Waals surface area contributed by atoms with Crippen LogP contribution in [0.3, 0.4) is 0 Å². The van der Waals surface area contributed by atoms with Gasteiger partial charge in [-0.1, -0.05) is 0 Å². The van der Waals surface area contributed by atoms with Crippen LogP contribution < -0.4 is 10.6 Å². The predicted octanol–water partition coefficient (Wildman–Crippen LogP) is 0.00960. The van der Waals surface area contributed by atoms with Crippen LogP contribution in [-0.4, -0.2) is 44.2 Å². The highest BCUT2D eigenvalue weighted by Gasteiger charge is 2.15. The van der Waals surface area contributed by atoms with E-state index in [1.54, 1.807) is 19.0 Å². The third-order valence-electron chi connectivity index (χ3n) is 2.10. The quantitative estimate of drug-likeness (QED) is 0.628. The summed E-state index contributed by atoms with van der Waals surface area (Å²) in [6.07, 6.45) is 2.29. The van der Waals surface area contributed by atoms with Crippen LogP contribution >= 0.6 is 0 Å². The Bertz CT molecular complexity index is 154. The molecule has 0 bridgehead atoms. The Balaban J connectivity index is 1.97. The molecule has 1 fully saturated rings. The van der Waals surface area contributed by atoms with Crippen molar-refractivity contribution in [3.05, 3.63) is 0 Å². The average molecular weight is 171 g/mol. The van der Waals surface area contributed by atoms with Crippen LogP contribution in [0.2, 0.25) is 0 Å².